The van der Waals surface area contributed by atoms with Gasteiger partial charge in [-0.25, -0.2) is 0 Å². The first-order valence-corrected chi connectivity index (χ1v) is 6.53. The molecule has 2 aliphatic rings. The Morgan fingerprint density at radius 2 is 1.64 bits per heavy atom. The molecule has 2 rings (SSSR count). The molecule has 0 N–H and O–H groups in total. The molecule has 0 aliphatic heterocycles. The molecule has 0 aromatic rings. The van der Waals surface area contributed by atoms with E-state index in [0.29, 0.717) is 5.41 Å². The summed E-state index contributed by atoms with van der Waals surface area (Å²) in [7, 11) is 0. The van der Waals surface area contributed by atoms with Crippen LogP contribution in [0.4, 0.5) is 0 Å². The number of hydrogen-bond donors (Lipinski definition) is 0. The Labute approximate surface area is 93.4 Å². The van der Waals surface area contributed by atoms with Gasteiger partial charge in [0.1, 0.15) is 0 Å². The first-order chi connectivity index (χ1) is 6.46. The molecule has 0 aromatic carbocycles. The third-order valence-electron chi connectivity index (χ3n) is 4.99. The lowest BCUT2D eigenvalue weighted by atomic mass is 9.54. The zero-order chi connectivity index (χ0) is 10.4. The summed E-state index contributed by atoms with van der Waals surface area (Å²) in [6.07, 6.45) is 8.00. The fourth-order valence-corrected chi connectivity index (χ4v) is 3.70. The third kappa shape index (κ3) is 1.60. The molecule has 2 saturated carbocycles. The Morgan fingerprint density at radius 3 is 2.07 bits per heavy atom. The summed E-state index contributed by atoms with van der Waals surface area (Å²) in [5, 5.41) is 0. The van der Waals surface area contributed by atoms with E-state index >= 15 is 0 Å². The lowest BCUT2D eigenvalue weighted by Gasteiger charge is -2.53. The molecule has 0 saturated heterocycles. The molecule has 0 aromatic heterocycles. The largest absolute Gasteiger partial charge is 0.119 e. The van der Waals surface area contributed by atoms with Crippen LogP contribution in [0.25, 0.3) is 0 Å². The molecular weight excluding hydrogens is 192 g/mol. The van der Waals surface area contributed by atoms with E-state index in [9.17, 15) is 0 Å². The van der Waals surface area contributed by atoms with Crippen LogP contribution in [0.1, 0.15) is 59.3 Å². The van der Waals surface area contributed by atoms with Gasteiger partial charge in [-0.05, 0) is 42.9 Å². The number of rotatable bonds is 2. The summed E-state index contributed by atoms with van der Waals surface area (Å²) in [6.45, 7) is 7.14. The lowest BCUT2D eigenvalue weighted by molar-refractivity contribution is 0.00237. The number of hydrogen-bond acceptors (Lipinski definition) is 0. The minimum absolute atomic E-state index is 0.203. The molecule has 0 heterocycles. The zero-order valence-electron chi connectivity index (χ0n) is 9.78. The SMILES string of the molecule is CC(C)C1(C)CC(C2(Cl)CCCC2)C1. The highest BCUT2D eigenvalue weighted by molar-refractivity contribution is 6.24. The van der Waals surface area contributed by atoms with E-state index in [-0.39, 0.29) is 4.87 Å². The Bertz CT molecular complexity index is 207. The van der Waals surface area contributed by atoms with Gasteiger partial charge >= 0.3 is 0 Å². The summed E-state index contributed by atoms with van der Waals surface area (Å²) in [5.41, 5.74) is 0.592. The van der Waals surface area contributed by atoms with Crippen molar-refractivity contribution in [2.24, 2.45) is 17.3 Å². The predicted octanol–water partition coefficient (Wildman–Crippen LogP) is 4.61. The number of alkyl halides is 1. The van der Waals surface area contributed by atoms with E-state index < -0.39 is 0 Å². The summed E-state index contributed by atoms with van der Waals surface area (Å²) >= 11 is 6.70. The van der Waals surface area contributed by atoms with Gasteiger partial charge in [0, 0.05) is 4.87 Å². The molecule has 1 heteroatoms. The minimum Gasteiger partial charge on any atom is -0.119 e. The van der Waals surface area contributed by atoms with Crippen molar-refractivity contribution in [3.05, 3.63) is 0 Å². The molecule has 0 bridgehead atoms. The fraction of sp³-hybridized carbons (Fsp3) is 1.00. The molecule has 0 amide bonds. The second-order valence-electron chi connectivity index (χ2n) is 6.16. The average Bonchev–Trinajstić information content (AvgIpc) is 2.47. The Balaban J connectivity index is 1.93. The average molecular weight is 215 g/mol. The van der Waals surface area contributed by atoms with Crippen molar-refractivity contribution in [2.75, 3.05) is 0 Å². The number of halogens is 1. The van der Waals surface area contributed by atoms with Crippen molar-refractivity contribution in [2.45, 2.75) is 64.2 Å². The van der Waals surface area contributed by atoms with Gasteiger partial charge in [0.25, 0.3) is 0 Å². The van der Waals surface area contributed by atoms with Crippen molar-refractivity contribution < 1.29 is 0 Å². The van der Waals surface area contributed by atoms with Crippen molar-refractivity contribution in [1.82, 2.24) is 0 Å². The minimum atomic E-state index is 0.203. The highest BCUT2D eigenvalue weighted by atomic mass is 35.5. The van der Waals surface area contributed by atoms with E-state index in [2.05, 4.69) is 20.8 Å². The van der Waals surface area contributed by atoms with Gasteiger partial charge in [-0.3, -0.25) is 0 Å². The van der Waals surface area contributed by atoms with E-state index in [1.165, 1.54) is 38.5 Å². The first-order valence-electron chi connectivity index (χ1n) is 6.15. The second kappa shape index (κ2) is 3.40. The Morgan fingerprint density at radius 1 is 1.14 bits per heavy atom. The molecule has 0 atom stereocenters. The summed E-state index contributed by atoms with van der Waals surface area (Å²) in [6, 6.07) is 0. The molecular formula is C13H23Cl. The molecule has 2 aliphatic carbocycles. The summed E-state index contributed by atoms with van der Waals surface area (Å²) in [5.74, 6) is 1.64. The van der Waals surface area contributed by atoms with Crippen LogP contribution in [-0.2, 0) is 0 Å². The smallest absolute Gasteiger partial charge is 0.0475 e. The summed E-state index contributed by atoms with van der Waals surface area (Å²) < 4.78 is 0. The van der Waals surface area contributed by atoms with E-state index in [1.807, 2.05) is 0 Å². The van der Waals surface area contributed by atoms with Crippen molar-refractivity contribution in [3.8, 4) is 0 Å². The molecule has 14 heavy (non-hydrogen) atoms. The van der Waals surface area contributed by atoms with Gasteiger partial charge in [0.05, 0.1) is 0 Å². The topological polar surface area (TPSA) is 0 Å². The quantitative estimate of drug-likeness (QED) is 0.589. The van der Waals surface area contributed by atoms with Crippen LogP contribution in [0.5, 0.6) is 0 Å². The van der Waals surface area contributed by atoms with Gasteiger partial charge in [-0.1, -0.05) is 33.6 Å². The maximum atomic E-state index is 6.70. The third-order valence-corrected chi connectivity index (χ3v) is 5.67. The molecule has 82 valence electrons. The van der Waals surface area contributed by atoms with Crippen LogP contribution in [0.3, 0.4) is 0 Å². The van der Waals surface area contributed by atoms with Crippen molar-refractivity contribution in [3.63, 3.8) is 0 Å². The maximum Gasteiger partial charge on any atom is 0.0475 e. The predicted molar refractivity (Wildman–Crippen MR) is 62.7 cm³/mol. The van der Waals surface area contributed by atoms with E-state index in [4.69, 9.17) is 11.6 Å². The van der Waals surface area contributed by atoms with Crippen LogP contribution in [0.15, 0.2) is 0 Å². The summed E-state index contributed by atoms with van der Waals surface area (Å²) in [4.78, 5) is 0.203. The van der Waals surface area contributed by atoms with Crippen LogP contribution < -0.4 is 0 Å². The van der Waals surface area contributed by atoms with E-state index in [0.717, 1.165) is 11.8 Å². The normalized spacial score (nSPS) is 41.4. The maximum absolute atomic E-state index is 6.70. The highest BCUT2D eigenvalue weighted by Crippen LogP contribution is 2.59. The van der Waals surface area contributed by atoms with Gasteiger partial charge < -0.3 is 0 Å². The molecule has 2 fully saturated rings. The molecule has 0 unspecified atom stereocenters. The monoisotopic (exact) mass is 214 g/mol. The Hall–Kier alpha value is 0.290. The van der Waals surface area contributed by atoms with Gasteiger partial charge in [0.2, 0.25) is 0 Å². The van der Waals surface area contributed by atoms with Crippen LogP contribution in [0, 0.1) is 17.3 Å². The van der Waals surface area contributed by atoms with E-state index in [1.54, 1.807) is 0 Å². The molecule has 0 nitrogen and oxygen atoms in total. The van der Waals surface area contributed by atoms with Crippen LogP contribution in [0.2, 0.25) is 0 Å². The zero-order valence-corrected chi connectivity index (χ0v) is 10.5. The standard InChI is InChI=1S/C13H23Cl/c1-10(2)12(3)8-11(9-12)13(14)6-4-5-7-13/h10-11H,4-9H2,1-3H3. The second-order valence-corrected chi connectivity index (χ2v) is 6.91. The first kappa shape index (κ1) is 10.8. The fourth-order valence-electron chi connectivity index (χ4n) is 3.27. The molecule has 0 radical (unpaired) electrons. The van der Waals surface area contributed by atoms with Crippen molar-refractivity contribution in [1.29, 1.82) is 0 Å². The van der Waals surface area contributed by atoms with Gasteiger partial charge in [-0.15, -0.1) is 11.6 Å². The van der Waals surface area contributed by atoms with Gasteiger partial charge in [0.15, 0.2) is 0 Å². The lowest BCUT2D eigenvalue weighted by Crippen LogP contribution is -2.47. The van der Waals surface area contributed by atoms with Crippen LogP contribution in [-0.4, -0.2) is 4.87 Å². The van der Waals surface area contributed by atoms with Crippen LogP contribution >= 0.6 is 11.6 Å². The highest BCUT2D eigenvalue weighted by Gasteiger charge is 2.52. The van der Waals surface area contributed by atoms with Gasteiger partial charge in [-0.2, -0.15) is 0 Å². The molecule has 0 spiro atoms. The van der Waals surface area contributed by atoms with Crippen molar-refractivity contribution >= 4 is 11.6 Å². The Kier molecular flexibility index (Phi) is 2.62.